The van der Waals surface area contributed by atoms with Crippen LogP contribution in [0.2, 0.25) is 0 Å². The number of hydrogen-bond donors (Lipinski definition) is 1. The average Bonchev–Trinajstić information content (AvgIpc) is 2.88. The summed E-state index contributed by atoms with van der Waals surface area (Å²) in [5.41, 5.74) is 2.61. The molecule has 0 aliphatic rings. The molecule has 0 aliphatic heterocycles. The molecule has 0 atom stereocenters. The van der Waals surface area contributed by atoms with Gasteiger partial charge in [-0.05, 0) is 5.56 Å². The fourth-order valence-corrected chi connectivity index (χ4v) is 1.80. The van der Waals surface area contributed by atoms with E-state index in [0.29, 0.717) is 17.0 Å². The Morgan fingerprint density at radius 3 is 2.72 bits per heavy atom. The van der Waals surface area contributed by atoms with E-state index < -0.39 is 0 Å². The highest BCUT2D eigenvalue weighted by atomic mass is 16.1. The van der Waals surface area contributed by atoms with Gasteiger partial charge in [0.05, 0.1) is 18.5 Å². The van der Waals surface area contributed by atoms with Gasteiger partial charge in [0.2, 0.25) is 0 Å². The molecule has 0 spiro atoms. The van der Waals surface area contributed by atoms with E-state index in [9.17, 15) is 4.79 Å². The van der Waals surface area contributed by atoms with Crippen molar-refractivity contribution >= 4 is 11.3 Å². The third-order valence-electron chi connectivity index (χ3n) is 2.69. The molecule has 18 heavy (non-hydrogen) atoms. The summed E-state index contributed by atoms with van der Waals surface area (Å²) < 4.78 is 1.30. The Balaban J connectivity index is 2.19. The maximum absolute atomic E-state index is 11.8. The number of H-pyrrole nitrogens is 1. The Bertz CT molecular complexity index is 805. The molecule has 0 amide bonds. The van der Waals surface area contributed by atoms with E-state index in [1.54, 1.807) is 24.4 Å². The lowest BCUT2D eigenvalue weighted by Gasteiger charge is -2.02. The van der Waals surface area contributed by atoms with Gasteiger partial charge < -0.3 is 4.98 Å². The van der Waals surface area contributed by atoms with Crippen LogP contribution >= 0.6 is 0 Å². The number of fused-ring (bicyclic) bond motifs is 1. The molecule has 2 heterocycles. The summed E-state index contributed by atoms with van der Waals surface area (Å²) in [5.74, 6) is 0. The minimum atomic E-state index is -0.182. The van der Waals surface area contributed by atoms with Gasteiger partial charge in [-0.15, -0.1) is 0 Å². The van der Waals surface area contributed by atoms with Crippen LogP contribution in [-0.4, -0.2) is 14.6 Å². The van der Waals surface area contributed by atoms with Gasteiger partial charge in [-0.1, -0.05) is 24.3 Å². The Labute approximate surface area is 102 Å². The van der Waals surface area contributed by atoms with Gasteiger partial charge in [-0.3, -0.25) is 4.79 Å². The molecule has 1 N–H and O–H groups in total. The topological polar surface area (TPSA) is 54.5 Å². The second-order valence-electron chi connectivity index (χ2n) is 3.81. The normalized spacial score (nSPS) is 10.4. The molecule has 5 nitrogen and oxygen atoms in total. The largest absolute Gasteiger partial charge is 0.339 e. The number of nitrogens with one attached hydrogen (secondary N) is 1. The molecule has 0 saturated carbocycles. The maximum atomic E-state index is 11.8. The number of benzene rings is 1. The average molecular weight is 236 g/mol. The van der Waals surface area contributed by atoms with Crippen LogP contribution in [0.15, 0.2) is 47.4 Å². The van der Waals surface area contributed by atoms with E-state index in [1.165, 1.54) is 10.6 Å². The standard InChI is InChI=1S/C13H8N4O/c1-14-10-4-2-9(3-5-10)11-8-13(18)17-12(16-11)6-7-15-17/h2-8,16H. The molecule has 1 aromatic carbocycles. The Morgan fingerprint density at radius 2 is 2.00 bits per heavy atom. The summed E-state index contributed by atoms with van der Waals surface area (Å²) >= 11 is 0. The van der Waals surface area contributed by atoms with Crippen molar-refractivity contribution in [3.05, 3.63) is 64.4 Å². The van der Waals surface area contributed by atoms with Crippen LogP contribution in [0.3, 0.4) is 0 Å². The van der Waals surface area contributed by atoms with Crippen molar-refractivity contribution in [3.8, 4) is 11.3 Å². The SMILES string of the molecule is [C-]#[N+]c1ccc(-c2cc(=O)n3nccc3[nH]2)cc1. The van der Waals surface area contributed by atoms with Crippen LogP contribution in [0.25, 0.3) is 21.7 Å². The number of aromatic nitrogens is 3. The zero-order valence-electron chi connectivity index (χ0n) is 9.29. The second kappa shape index (κ2) is 3.86. The fraction of sp³-hybridized carbons (Fsp3) is 0. The van der Waals surface area contributed by atoms with Crippen LogP contribution < -0.4 is 5.56 Å². The number of aromatic amines is 1. The van der Waals surface area contributed by atoms with Crippen LogP contribution in [0, 0.1) is 6.57 Å². The first kappa shape index (κ1) is 10.3. The minimum absolute atomic E-state index is 0.182. The van der Waals surface area contributed by atoms with Crippen LogP contribution in [0.5, 0.6) is 0 Å². The Kier molecular flexibility index (Phi) is 2.21. The quantitative estimate of drug-likeness (QED) is 0.659. The molecular formula is C13H8N4O. The zero-order valence-corrected chi connectivity index (χ0v) is 9.29. The van der Waals surface area contributed by atoms with Crippen molar-refractivity contribution in [2.24, 2.45) is 0 Å². The van der Waals surface area contributed by atoms with E-state index in [-0.39, 0.29) is 5.56 Å². The lowest BCUT2D eigenvalue weighted by molar-refractivity contribution is 0.901. The van der Waals surface area contributed by atoms with Gasteiger partial charge in [0.15, 0.2) is 5.69 Å². The lowest BCUT2D eigenvalue weighted by Crippen LogP contribution is -2.13. The van der Waals surface area contributed by atoms with Crippen LogP contribution in [-0.2, 0) is 0 Å². The number of nitrogens with zero attached hydrogens (tertiary/aromatic N) is 3. The first-order valence-corrected chi connectivity index (χ1v) is 5.33. The molecule has 0 radical (unpaired) electrons. The van der Waals surface area contributed by atoms with Crippen molar-refractivity contribution in [2.75, 3.05) is 0 Å². The van der Waals surface area contributed by atoms with Crippen molar-refractivity contribution in [3.63, 3.8) is 0 Å². The number of hydrogen-bond acceptors (Lipinski definition) is 2. The summed E-state index contributed by atoms with van der Waals surface area (Å²) in [6.07, 6.45) is 1.57. The summed E-state index contributed by atoms with van der Waals surface area (Å²) in [4.78, 5) is 18.2. The smallest absolute Gasteiger partial charge is 0.274 e. The van der Waals surface area contributed by atoms with Gasteiger partial charge in [0.1, 0.15) is 5.65 Å². The summed E-state index contributed by atoms with van der Waals surface area (Å²) in [6.45, 7) is 6.90. The van der Waals surface area contributed by atoms with Gasteiger partial charge in [-0.2, -0.15) is 9.61 Å². The number of rotatable bonds is 1. The molecule has 0 aliphatic carbocycles. The van der Waals surface area contributed by atoms with Crippen molar-refractivity contribution in [1.82, 2.24) is 14.6 Å². The summed E-state index contributed by atoms with van der Waals surface area (Å²) in [5, 5.41) is 3.91. The zero-order chi connectivity index (χ0) is 12.5. The van der Waals surface area contributed by atoms with Gasteiger partial charge >= 0.3 is 0 Å². The van der Waals surface area contributed by atoms with Crippen molar-refractivity contribution in [2.45, 2.75) is 0 Å². The van der Waals surface area contributed by atoms with Crippen LogP contribution in [0.4, 0.5) is 5.69 Å². The molecule has 86 valence electrons. The molecule has 0 unspecified atom stereocenters. The van der Waals surface area contributed by atoms with Crippen LogP contribution in [0.1, 0.15) is 0 Å². The van der Waals surface area contributed by atoms with E-state index in [4.69, 9.17) is 6.57 Å². The molecule has 0 saturated heterocycles. The second-order valence-corrected chi connectivity index (χ2v) is 3.81. The molecule has 5 heteroatoms. The van der Waals surface area contributed by atoms with Gasteiger partial charge in [0, 0.05) is 12.1 Å². The highest BCUT2D eigenvalue weighted by Crippen LogP contribution is 2.20. The molecule has 0 fully saturated rings. The van der Waals surface area contributed by atoms with E-state index in [1.807, 2.05) is 12.1 Å². The highest BCUT2D eigenvalue weighted by molar-refractivity contribution is 5.64. The van der Waals surface area contributed by atoms with Gasteiger partial charge in [0.25, 0.3) is 5.56 Å². The summed E-state index contributed by atoms with van der Waals surface area (Å²) in [6, 6.07) is 10.3. The summed E-state index contributed by atoms with van der Waals surface area (Å²) in [7, 11) is 0. The monoisotopic (exact) mass is 236 g/mol. The molecule has 3 rings (SSSR count). The maximum Gasteiger partial charge on any atom is 0.274 e. The Morgan fingerprint density at radius 1 is 1.22 bits per heavy atom. The molecule has 3 aromatic rings. The fourth-order valence-electron chi connectivity index (χ4n) is 1.80. The van der Waals surface area contributed by atoms with E-state index >= 15 is 0 Å². The van der Waals surface area contributed by atoms with E-state index in [0.717, 1.165) is 5.56 Å². The Hall–Kier alpha value is -2.87. The molecule has 0 bridgehead atoms. The third kappa shape index (κ3) is 1.57. The van der Waals surface area contributed by atoms with Crippen molar-refractivity contribution < 1.29 is 0 Å². The third-order valence-corrected chi connectivity index (χ3v) is 2.69. The van der Waals surface area contributed by atoms with E-state index in [2.05, 4.69) is 14.9 Å². The first-order chi connectivity index (χ1) is 8.78. The minimum Gasteiger partial charge on any atom is -0.339 e. The highest BCUT2D eigenvalue weighted by Gasteiger charge is 2.04. The molecule has 2 aromatic heterocycles. The predicted molar refractivity (Wildman–Crippen MR) is 67.5 cm³/mol. The predicted octanol–water partition coefficient (Wildman–Crippen LogP) is 2.24. The molecular weight excluding hydrogens is 228 g/mol. The van der Waals surface area contributed by atoms with Gasteiger partial charge in [-0.25, -0.2) is 4.85 Å². The first-order valence-electron chi connectivity index (χ1n) is 5.33. The van der Waals surface area contributed by atoms with Crippen molar-refractivity contribution in [1.29, 1.82) is 0 Å². The lowest BCUT2D eigenvalue weighted by atomic mass is 10.1.